The predicted molar refractivity (Wildman–Crippen MR) is 59.4 cm³/mol. The summed E-state index contributed by atoms with van der Waals surface area (Å²) in [6.45, 7) is 4.16. The monoisotopic (exact) mass is 230 g/mol. The molecule has 0 saturated carbocycles. The van der Waals surface area contributed by atoms with Gasteiger partial charge in [-0.05, 0) is 30.0 Å². The molecule has 1 atom stereocenters. The van der Waals surface area contributed by atoms with Crippen molar-refractivity contribution in [3.8, 4) is 0 Å². The molecule has 0 aromatic heterocycles. The zero-order valence-electron chi connectivity index (χ0n) is 9.64. The van der Waals surface area contributed by atoms with Gasteiger partial charge in [0, 0.05) is 0 Å². The molecule has 0 radical (unpaired) electrons. The second kappa shape index (κ2) is 5.37. The highest BCUT2D eigenvalue weighted by Gasteiger charge is 2.30. The Balaban J connectivity index is 2.71. The Kier molecular flexibility index (Phi) is 4.39. The van der Waals surface area contributed by atoms with Gasteiger partial charge in [-0.25, -0.2) is 0 Å². The highest BCUT2D eigenvalue weighted by Crippen LogP contribution is 2.30. The SMILES string of the molecule is CCCC[C@@H](C)c1ccc(C(F)(F)F)cc1. The first-order chi connectivity index (χ1) is 7.45. The summed E-state index contributed by atoms with van der Waals surface area (Å²) in [7, 11) is 0. The van der Waals surface area contributed by atoms with Gasteiger partial charge in [0.2, 0.25) is 0 Å². The van der Waals surface area contributed by atoms with E-state index in [0.29, 0.717) is 5.92 Å². The van der Waals surface area contributed by atoms with E-state index in [2.05, 4.69) is 13.8 Å². The van der Waals surface area contributed by atoms with Crippen molar-refractivity contribution >= 4 is 0 Å². The quantitative estimate of drug-likeness (QED) is 0.682. The molecule has 16 heavy (non-hydrogen) atoms. The predicted octanol–water partition coefficient (Wildman–Crippen LogP) is 5.00. The van der Waals surface area contributed by atoms with Gasteiger partial charge < -0.3 is 0 Å². The van der Waals surface area contributed by atoms with E-state index >= 15 is 0 Å². The molecular formula is C13H17F3. The molecule has 1 aromatic carbocycles. The maximum Gasteiger partial charge on any atom is 0.416 e. The van der Waals surface area contributed by atoms with E-state index in [1.165, 1.54) is 0 Å². The van der Waals surface area contributed by atoms with Crippen LogP contribution in [0.5, 0.6) is 0 Å². The van der Waals surface area contributed by atoms with E-state index in [1.54, 1.807) is 12.1 Å². The van der Waals surface area contributed by atoms with Gasteiger partial charge in [0.25, 0.3) is 0 Å². The number of benzene rings is 1. The highest BCUT2D eigenvalue weighted by molar-refractivity contribution is 5.26. The Morgan fingerprint density at radius 3 is 2.12 bits per heavy atom. The number of alkyl halides is 3. The molecule has 0 heterocycles. The zero-order chi connectivity index (χ0) is 12.2. The lowest BCUT2D eigenvalue weighted by molar-refractivity contribution is -0.137. The molecule has 0 amide bonds. The normalized spacial score (nSPS) is 13.8. The fraction of sp³-hybridized carbons (Fsp3) is 0.538. The van der Waals surface area contributed by atoms with Crippen LogP contribution in [-0.4, -0.2) is 0 Å². The van der Waals surface area contributed by atoms with Crippen LogP contribution in [0.3, 0.4) is 0 Å². The van der Waals surface area contributed by atoms with Gasteiger partial charge in [0.1, 0.15) is 0 Å². The molecule has 1 aromatic rings. The first-order valence-corrected chi connectivity index (χ1v) is 5.62. The lowest BCUT2D eigenvalue weighted by atomic mass is 9.95. The Morgan fingerprint density at radius 1 is 1.12 bits per heavy atom. The van der Waals surface area contributed by atoms with Crippen LogP contribution in [0.4, 0.5) is 13.2 Å². The van der Waals surface area contributed by atoms with Crippen molar-refractivity contribution in [2.75, 3.05) is 0 Å². The van der Waals surface area contributed by atoms with Gasteiger partial charge in [-0.3, -0.25) is 0 Å². The van der Waals surface area contributed by atoms with Crippen LogP contribution in [0.1, 0.15) is 50.2 Å². The van der Waals surface area contributed by atoms with Gasteiger partial charge in [-0.2, -0.15) is 13.2 Å². The Bertz CT molecular complexity index is 311. The fourth-order valence-corrected chi connectivity index (χ4v) is 1.68. The summed E-state index contributed by atoms with van der Waals surface area (Å²) in [5.74, 6) is 0.335. The summed E-state index contributed by atoms with van der Waals surface area (Å²) in [5.41, 5.74) is 0.417. The molecule has 1 rings (SSSR count). The van der Waals surface area contributed by atoms with Crippen LogP contribution in [0.25, 0.3) is 0 Å². The minimum absolute atomic E-state index is 0.335. The smallest absolute Gasteiger partial charge is 0.166 e. The molecule has 0 aliphatic heterocycles. The Hall–Kier alpha value is -0.990. The van der Waals surface area contributed by atoms with Gasteiger partial charge in [-0.15, -0.1) is 0 Å². The van der Waals surface area contributed by atoms with Crippen LogP contribution < -0.4 is 0 Å². The standard InChI is InChI=1S/C13H17F3/c1-3-4-5-10(2)11-6-8-12(9-7-11)13(14,15)16/h6-10H,3-5H2,1-2H3/t10-/m1/s1. The summed E-state index contributed by atoms with van der Waals surface area (Å²) in [5, 5.41) is 0. The van der Waals surface area contributed by atoms with Crippen molar-refractivity contribution < 1.29 is 13.2 Å². The molecule has 0 aliphatic carbocycles. The van der Waals surface area contributed by atoms with E-state index in [4.69, 9.17) is 0 Å². The maximum atomic E-state index is 12.3. The minimum Gasteiger partial charge on any atom is -0.166 e. The van der Waals surface area contributed by atoms with E-state index in [9.17, 15) is 13.2 Å². The highest BCUT2D eigenvalue weighted by atomic mass is 19.4. The zero-order valence-corrected chi connectivity index (χ0v) is 9.64. The lowest BCUT2D eigenvalue weighted by Crippen LogP contribution is -2.05. The molecule has 0 spiro atoms. The van der Waals surface area contributed by atoms with Crippen LogP contribution in [0, 0.1) is 0 Å². The number of hydrogen-bond acceptors (Lipinski definition) is 0. The summed E-state index contributed by atoms with van der Waals surface area (Å²) in [6, 6.07) is 5.50. The van der Waals surface area contributed by atoms with Gasteiger partial charge in [0.05, 0.1) is 5.56 Å². The molecule has 0 N–H and O–H groups in total. The molecule has 0 unspecified atom stereocenters. The van der Waals surface area contributed by atoms with E-state index in [-0.39, 0.29) is 0 Å². The topological polar surface area (TPSA) is 0 Å². The summed E-state index contributed by atoms with van der Waals surface area (Å²) in [4.78, 5) is 0. The molecular weight excluding hydrogens is 213 g/mol. The van der Waals surface area contributed by atoms with Crippen molar-refractivity contribution in [2.24, 2.45) is 0 Å². The third-order valence-corrected chi connectivity index (χ3v) is 2.80. The van der Waals surface area contributed by atoms with Gasteiger partial charge in [0.15, 0.2) is 0 Å². The maximum absolute atomic E-state index is 12.3. The Morgan fingerprint density at radius 2 is 1.69 bits per heavy atom. The third-order valence-electron chi connectivity index (χ3n) is 2.80. The number of unbranched alkanes of at least 4 members (excludes halogenated alkanes) is 1. The fourth-order valence-electron chi connectivity index (χ4n) is 1.68. The van der Waals surface area contributed by atoms with Crippen LogP contribution in [-0.2, 0) is 6.18 Å². The van der Waals surface area contributed by atoms with E-state index < -0.39 is 11.7 Å². The summed E-state index contributed by atoms with van der Waals surface area (Å²) in [6.07, 6.45) is -0.972. The molecule has 0 saturated heterocycles. The van der Waals surface area contributed by atoms with Crippen molar-refractivity contribution in [3.05, 3.63) is 35.4 Å². The average molecular weight is 230 g/mol. The van der Waals surface area contributed by atoms with Crippen LogP contribution >= 0.6 is 0 Å². The van der Waals surface area contributed by atoms with Crippen molar-refractivity contribution in [1.82, 2.24) is 0 Å². The number of halogens is 3. The summed E-state index contributed by atoms with van der Waals surface area (Å²) < 4.78 is 37.0. The molecule has 0 nitrogen and oxygen atoms in total. The molecule has 0 bridgehead atoms. The second-order valence-electron chi connectivity index (χ2n) is 4.16. The largest absolute Gasteiger partial charge is 0.416 e. The number of rotatable bonds is 4. The Labute approximate surface area is 94.5 Å². The minimum atomic E-state index is -4.23. The lowest BCUT2D eigenvalue weighted by Gasteiger charge is -2.12. The summed E-state index contributed by atoms with van der Waals surface area (Å²) >= 11 is 0. The second-order valence-corrected chi connectivity index (χ2v) is 4.16. The first kappa shape index (κ1) is 13.1. The first-order valence-electron chi connectivity index (χ1n) is 5.62. The van der Waals surface area contributed by atoms with E-state index in [1.807, 2.05) is 0 Å². The van der Waals surface area contributed by atoms with Gasteiger partial charge in [-0.1, -0.05) is 38.8 Å². The van der Waals surface area contributed by atoms with Crippen LogP contribution in [0.2, 0.25) is 0 Å². The number of hydrogen-bond donors (Lipinski definition) is 0. The van der Waals surface area contributed by atoms with Gasteiger partial charge >= 0.3 is 6.18 Å². The molecule has 0 fully saturated rings. The van der Waals surface area contributed by atoms with Crippen molar-refractivity contribution in [3.63, 3.8) is 0 Å². The molecule has 90 valence electrons. The van der Waals surface area contributed by atoms with E-state index in [0.717, 1.165) is 37.0 Å². The van der Waals surface area contributed by atoms with Crippen molar-refractivity contribution in [1.29, 1.82) is 0 Å². The average Bonchev–Trinajstić information content (AvgIpc) is 2.25. The molecule has 3 heteroatoms. The van der Waals surface area contributed by atoms with Crippen molar-refractivity contribution in [2.45, 2.75) is 45.2 Å². The molecule has 0 aliphatic rings. The van der Waals surface area contributed by atoms with Crippen LogP contribution in [0.15, 0.2) is 24.3 Å². The third kappa shape index (κ3) is 3.54.